The minimum Gasteiger partial charge on any atom is -0.508 e. The van der Waals surface area contributed by atoms with Gasteiger partial charge in [0.05, 0.1) is 0 Å². The summed E-state index contributed by atoms with van der Waals surface area (Å²) in [7, 11) is 0. The van der Waals surface area contributed by atoms with E-state index in [1.165, 1.54) is 12.1 Å². The third-order valence-corrected chi connectivity index (χ3v) is 3.71. The first-order valence-electron chi connectivity index (χ1n) is 5.98. The van der Waals surface area contributed by atoms with Crippen molar-refractivity contribution in [2.24, 2.45) is 0 Å². The Hall–Kier alpha value is -1.55. The summed E-state index contributed by atoms with van der Waals surface area (Å²) in [6, 6.07) is 10.1. The van der Waals surface area contributed by atoms with Crippen molar-refractivity contribution in [3.63, 3.8) is 0 Å². The van der Waals surface area contributed by atoms with Gasteiger partial charge in [-0.1, -0.05) is 28.1 Å². The number of benzene rings is 2. The molecule has 0 saturated carbocycles. The molecule has 0 aromatic heterocycles. The molecule has 0 saturated heterocycles. The number of phenols is 1. The Labute approximate surface area is 120 Å². The van der Waals surface area contributed by atoms with Crippen molar-refractivity contribution in [3.8, 4) is 5.75 Å². The van der Waals surface area contributed by atoms with Crippen molar-refractivity contribution in [1.29, 1.82) is 0 Å². The van der Waals surface area contributed by atoms with E-state index in [4.69, 9.17) is 0 Å². The van der Waals surface area contributed by atoms with Crippen molar-refractivity contribution >= 4 is 21.6 Å². The molecule has 0 aliphatic rings. The standard InChI is InChI=1S/C15H15BrFNO/c1-9-3-5-12(8-15(9)19)18-10(2)13-6-4-11(17)7-14(13)16/h3-8,10,18-19H,1-2H3. The van der Waals surface area contributed by atoms with Crippen molar-refractivity contribution < 1.29 is 9.50 Å². The topological polar surface area (TPSA) is 32.3 Å². The van der Waals surface area contributed by atoms with E-state index in [0.29, 0.717) is 0 Å². The SMILES string of the molecule is Cc1ccc(NC(C)c2ccc(F)cc2Br)cc1O. The highest BCUT2D eigenvalue weighted by molar-refractivity contribution is 9.10. The first-order valence-corrected chi connectivity index (χ1v) is 6.78. The molecule has 0 bridgehead atoms. The molecule has 1 unspecified atom stereocenters. The first-order chi connectivity index (χ1) is 8.97. The molecule has 0 heterocycles. The Morgan fingerprint density at radius 1 is 1.21 bits per heavy atom. The fourth-order valence-electron chi connectivity index (χ4n) is 1.88. The second-order valence-corrected chi connectivity index (χ2v) is 5.39. The quantitative estimate of drug-likeness (QED) is 0.852. The molecular formula is C15H15BrFNO. The maximum atomic E-state index is 13.1. The van der Waals surface area contributed by atoms with E-state index in [0.717, 1.165) is 21.3 Å². The molecule has 0 radical (unpaired) electrons. The number of aryl methyl sites for hydroxylation is 1. The van der Waals surface area contributed by atoms with E-state index in [-0.39, 0.29) is 17.6 Å². The first kappa shape index (κ1) is 13.9. The number of nitrogens with one attached hydrogen (secondary N) is 1. The molecule has 0 amide bonds. The van der Waals surface area contributed by atoms with Crippen molar-refractivity contribution in [3.05, 3.63) is 57.8 Å². The van der Waals surface area contributed by atoms with Crippen LogP contribution in [-0.4, -0.2) is 5.11 Å². The molecule has 100 valence electrons. The highest BCUT2D eigenvalue weighted by atomic mass is 79.9. The van der Waals surface area contributed by atoms with Gasteiger partial charge in [0.15, 0.2) is 0 Å². The summed E-state index contributed by atoms with van der Waals surface area (Å²) < 4.78 is 13.8. The molecule has 1 atom stereocenters. The third kappa shape index (κ3) is 3.26. The third-order valence-electron chi connectivity index (χ3n) is 3.02. The highest BCUT2D eigenvalue weighted by Gasteiger charge is 2.10. The molecule has 2 aromatic rings. The van der Waals surface area contributed by atoms with Crippen molar-refractivity contribution in [1.82, 2.24) is 0 Å². The second-order valence-electron chi connectivity index (χ2n) is 4.53. The zero-order chi connectivity index (χ0) is 14.0. The molecule has 4 heteroatoms. The van der Waals surface area contributed by atoms with Crippen LogP contribution in [-0.2, 0) is 0 Å². The molecule has 0 aliphatic heterocycles. The molecule has 0 fully saturated rings. The molecule has 19 heavy (non-hydrogen) atoms. The number of hydrogen-bond donors (Lipinski definition) is 2. The Morgan fingerprint density at radius 2 is 1.95 bits per heavy atom. The fourth-order valence-corrected chi connectivity index (χ4v) is 2.57. The second kappa shape index (κ2) is 5.61. The summed E-state index contributed by atoms with van der Waals surface area (Å²) in [5, 5.41) is 12.9. The van der Waals surface area contributed by atoms with Gasteiger partial charge in [0.2, 0.25) is 0 Å². The van der Waals surface area contributed by atoms with Crippen molar-refractivity contribution in [2.45, 2.75) is 19.9 Å². The summed E-state index contributed by atoms with van der Waals surface area (Å²) in [6.07, 6.45) is 0. The van der Waals surface area contributed by atoms with E-state index in [1.54, 1.807) is 12.1 Å². The van der Waals surface area contributed by atoms with Gasteiger partial charge in [-0.25, -0.2) is 4.39 Å². The molecule has 2 aromatic carbocycles. The number of hydrogen-bond acceptors (Lipinski definition) is 2. The Morgan fingerprint density at radius 3 is 2.58 bits per heavy atom. The van der Waals surface area contributed by atoms with Crippen LogP contribution in [0, 0.1) is 12.7 Å². The van der Waals surface area contributed by atoms with Crippen LogP contribution in [0.4, 0.5) is 10.1 Å². The monoisotopic (exact) mass is 323 g/mol. The fraction of sp³-hybridized carbons (Fsp3) is 0.200. The van der Waals surface area contributed by atoms with Gasteiger partial charge in [-0.2, -0.15) is 0 Å². The van der Waals surface area contributed by atoms with Gasteiger partial charge in [0.25, 0.3) is 0 Å². The lowest BCUT2D eigenvalue weighted by atomic mass is 10.1. The number of anilines is 1. The summed E-state index contributed by atoms with van der Waals surface area (Å²) in [6.45, 7) is 3.83. The van der Waals surface area contributed by atoms with E-state index < -0.39 is 0 Å². The average Bonchev–Trinajstić information content (AvgIpc) is 2.33. The zero-order valence-corrected chi connectivity index (χ0v) is 12.3. The molecular weight excluding hydrogens is 309 g/mol. The van der Waals surface area contributed by atoms with Crippen LogP contribution in [0.25, 0.3) is 0 Å². The van der Waals surface area contributed by atoms with Gasteiger partial charge in [-0.05, 0) is 43.2 Å². The van der Waals surface area contributed by atoms with Gasteiger partial charge < -0.3 is 10.4 Å². The van der Waals surface area contributed by atoms with Gasteiger partial charge in [0, 0.05) is 22.3 Å². The minimum atomic E-state index is -0.268. The number of aromatic hydroxyl groups is 1. The van der Waals surface area contributed by atoms with E-state index in [1.807, 2.05) is 26.0 Å². The van der Waals surface area contributed by atoms with E-state index >= 15 is 0 Å². The lowest BCUT2D eigenvalue weighted by Crippen LogP contribution is -2.07. The normalized spacial score (nSPS) is 12.2. The predicted molar refractivity (Wildman–Crippen MR) is 79.0 cm³/mol. The lowest BCUT2D eigenvalue weighted by molar-refractivity contribution is 0.471. The van der Waals surface area contributed by atoms with Crippen molar-refractivity contribution in [2.75, 3.05) is 5.32 Å². The summed E-state index contributed by atoms with van der Waals surface area (Å²) in [5.74, 6) is -0.00817. The molecule has 0 aliphatic carbocycles. The van der Waals surface area contributed by atoms with E-state index in [9.17, 15) is 9.50 Å². The van der Waals surface area contributed by atoms with Crippen LogP contribution in [0.2, 0.25) is 0 Å². The predicted octanol–water partition coefficient (Wildman–Crippen LogP) is 4.78. The van der Waals surface area contributed by atoms with Gasteiger partial charge in [0.1, 0.15) is 11.6 Å². The van der Waals surface area contributed by atoms with Gasteiger partial charge >= 0.3 is 0 Å². The maximum absolute atomic E-state index is 13.1. The Kier molecular flexibility index (Phi) is 4.10. The van der Waals surface area contributed by atoms with Gasteiger partial charge in [-0.15, -0.1) is 0 Å². The Balaban J connectivity index is 2.20. The molecule has 0 spiro atoms. The highest BCUT2D eigenvalue weighted by Crippen LogP contribution is 2.28. The minimum absolute atomic E-state index is 0.00270. The van der Waals surface area contributed by atoms with Crippen LogP contribution in [0.1, 0.15) is 24.1 Å². The van der Waals surface area contributed by atoms with Crippen LogP contribution >= 0.6 is 15.9 Å². The Bertz CT molecular complexity index is 601. The van der Waals surface area contributed by atoms with Crippen LogP contribution in [0.5, 0.6) is 5.75 Å². The number of rotatable bonds is 3. The van der Waals surface area contributed by atoms with Crippen LogP contribution < -0.4 is 5.32 Å². The summed E-state index contributed by atoms with van der Waals surface area (Å²) in [4.78, 5) is 0. The van der Waals surface area contributed by atoms with Crippen LogP contribution in [0.15, 0.2) is 40.9 Å². The zero-order valence-electron chi connectivity index (χ0n) is 10.7. The van der Waals surface area contributed by atoms with Crippen LogP contribution in [0.3, 0.4) is 0 Å². The smallest absolute Gasteiger partial charge is 0.124 e. The van der Waals surface area contributed by atoms with E-state index in [2.05, 4.69) is 21.2 Å². The largest absolute Gasteiger partial charge is 0.508 e. The summed E-state index contributed by atoms with van der Waals surface area (Å²) in [5.41, 5.74) is 2.62. The summed E-state index contributed by atoms with van der Waals surface area (Å²) >= 11 is 3.36. The molecule has 2 nitrogen and oxygen atoms in total. The number of phenolic OH excluding ortho intramolecular Hbond substituents is 1. The van der Waals surface area contributed by atoms with Gasteiger partial charge in [-0.3, -0.25) is 0 Å². The molecule has 2 rings (SSSR count). The maximum Gasteiger partial charge on any atom is 0.124 e. The molecule has 2 N–H and O–H groups in total. The average molecular weight is 324 g/mol. The lowest BCUT2D eigenvalue weighted by Gasteiger charge is -2.17. The number of halogens is 2.